The molecule has 0 saturated heterocycles. The third-order valence-corrected chi connectivity index (χ3v) is 3.78. The Morgan fingerprint density at radius 1 is 1.50 bits per heavy atom. The molecule has 1 atom stereocenters. The van der Waals surface area contributed by atoms with Crippen LogP contribution in [-0.2, 0) is 4.79 Å². The third-order valence-electron chi connectivity index (χ3n) is 2.24. The van der Waals surface area contributed by atoms with Crippen molar-refractivity contribution >= 4 is 46.1 Å². The van der Waals surface area contributed by atoms with Crippen molar-refractivity contribution in [2.24, 2.45) is 0 Å². The van der Waals surface area contributed by atoms with E-state index in [1.807, 2.05) is 22.6 Å². The van der Waals surface area contributed by atoms with Crippen LogP contribution >= 0.6 is 34.2 Å². The molecule has 0 aliphatic rings. The first-order valence-corrected chi connectivity index (χ1v) is 6.39. The molecule has 0 aliphatic heterocycles. The van der Waals surface area contributed by atoms with Gasteiger partial charge in [0.05, 0.1) is 11.6 Å². The van der Waals surface area contributed by atoms with Gasteiger partial charge >= 0.3 is 5.97 Å². The molecule has 0 aromatic heterocycles. The van der Waals surface area contributed by atoms with Gasteiger partial charge in [-0.3, -0.25) is 4.79 Å². The Kier molecular flexibility index (Phi) is 4.94. The summed E-state index contributed by atoms with van der Waals surface area (Å²) in [4.78, 5) is 22.4. The van der Waals surface area contributed by atoms with E-state index in [4.69, 9.17) is 16.7 Å². The maximum Gasteiger partial charge on any atom is 0.337 e. The maximum atomic E-state index is 11.7. The van der Waals surface area contributed by atoms with E-state index in [1.165, 1.54) is 6.07 Å². The lowest BCUT2D eigenvalue weighted by Crippen LogP contribution is -2.46. The average molecular weight is 384 g/mol. The van der Waals surface area contributed by atoms with E-state index in [0.29, 0.717) is 14.2 Å². The van der Waals surface area contributed by atoms with Crippen LogP contribution in [0.5, 0.6) is 0 Å². The predicted molar refractivity (Wildman–Crippen MR) is 74.8 cm³/mol. The summed E-state index contributed by atoms with van der Waals surface area (Å²) < 4.78 is 0.715. The monoisotopic (exact) mass is 383 g/mol. The van der Waals surface area contributed by atoms with E-state index in [-0.39, 0.29) is 6.54 Å². The second-order valence-corrected chi connectivity index (χ2v) is 5.46. The first-order valence-electron chi connectivity index (χ1n) is 4.93. The first kappa shape index (κ1) is 15.2. The zero-order chi connectivity index (χ0) is 13.9. The van der Waals surface area contributed by atoms with Crippen molar-refractivity contribution in [2.45, 2.75) is 12.5 Å². The quantitative estimate of drug-likeness (QED) is 0.688. The van der Waals surface area contributed by atoms with Crippen molar-refractivity contribution in [2.75, 3.05) is 6.54 Å². The largest absolute Gasteiger partial charge is 0.479 e. The minimum atomic E-state index is -1.99. The van der Waals surface area contributed by atoms with Gasteiger partial charge in [0.1, 0.15) is 0 Å². The second kappa shape index (κ2) is 5.85. The average Bonchev–Trinajstić information content (AvgIpc) is 2.29. The van der Waals surface area contributed by atoms with Gasteiger partial charge in [-0.25, -0.2) is 4.79 Å². The molecule has 0 saturated carbocycles. The van der Waals surface area contributed by atoms with Gasteiger partial charge in [0.15, 0.2) is 5.60 Å². The van der Waals surface area contributed by atoms with Crippen LogP contribution in [0.4, 0.5) is 0 Å². The summed E-state index contributed by atoms with van der Waals surface area (Å²) in [6.07, 6.45) is 0. The van der Waals surface area contributed by atoms with Crippen LogP contribution in [0.25, 0.3) is 0 Å². The Morgan fingerprint density at radius 2 is 2.11 bits per heavy atom. The molecule has 0 spiro atoms. The molecule has 0 heterocycles. The summed E-state index contributed by atoms with van der Waals surface area (Å²) in [5.41, 5.74) is -1.64. The standard InChI is InChI=1S/C11H11ClINO4/c1-11(18,10(16)17)5-14-9(15)6-2-3-7(12)8(13)4-6/h2-4,18H,5H2,1H3,(H,14,15)(H,16,17). The number of hydrogen-bond donors (Lipinski definition) is 3. The molecule has 1 unspecified atom stereocenters. The lowest BCUT2D eigenvalue weighted by atomic mass is 10.1. The number of amides is 1. The third kappa shape index (κ3) is 3.82. The number of carbonyl (C=O) groups excluding carboxylic acids is 1. The SMILES string of the molecule is CC(O)(CNC(=O)c1ccc(Cl)c(I)c1)C(=O)O. The van der Waals surface area contributed by atoms with E-state index < -0.39 is 17.5 Å². The van der Waals surface area contributed by atoms with Crippen LogP contribution in [0, 0.1) is 3.57 Å². The smallest absolute Gasteiger partial charge is 0.337 e. The maximum absolute atomic E-state index is 11.7. The molecule has 1 amide bonds. The molecule has 7 heteroatoms. The van der Waals surface area contributed by atoms with Crippen molar-refractivity contribution in [1.82, 2.24) is 5.32 Å². The number of carboxylic acid groups (broad SMARTS) is 1. The Labute approximate surface area is 122 Å². The molecule has 1 aromatic rings. The lowest BCUT2D eigenvalue weighted by Gasteiger charge is -2.18. The van der Waals surface area contributed by atoms with Gasteiger partial charge in [-0.2, -0.15) is 0 Å². The van der Waals surface area contributed by atoms with Gasteiger partial charge < -0.3 is 15.5 Å². The highest BCUT2D eigenvalue weighted by molar-refractivity contribution is 14.1. The summed E-state index contributed by atoms with van der Waals surface area (Å²) in [5, 5.41) is 21.0. The molecule has 5 nitrogen and oxygen atoms in total. The van der Waals surface area contributed by atoms with Crippen molar-refractivity contribution in [3.63, 3.8) is 0 Å². The fourth-order valence-corrected chi connectivity index (χ4v) is 1.70. The number of benzene rings is 1. The van der Waals surface area contributed by atoms with E-state index in [2.05, 4.69) is 5.32 Å². The van der Waals surface area contributed by atoms with Crippen LogP contribution in [-0.4, -0.2) is 34.2 Å². The van der Waals surface area contributed by atoms with Crippen molar-refractivity contribution < 1.29 is 19.8 Å². The van der Waals surface area contributed by atoms with E-state index >= 15 is 0 Å². The first-order chi connectivity index (χ1) is 8.24. The molecular formula is C11H11ClINO4. The Morgan fingerprint density at radius 3 is 2.61 bits per heavy atom. The zero-order valence-electron chi connectivity index (χ0n) is 9.41. The van der Waals surface area contributed by atoms with Crippen LogP contribution in [0.3, 0.4) is 0 Å². The van der Waals surface area contributed by atoms with E-state index in [0.717, 1.165) is 6.92 Å². The van der Waals surface area contributed by atoms with Gasteiger partial charge in [-0.15, -0.1) is 0 Å². The minimum Gasteiger partial charge on any atom is -0.479 e. The fraction of sp³-hybridized carbons (Fsp3) is 0.273. The summed E-state index contributed by atoms with van der Waals surface area (Å²) in [7, 11) is 0. The highest BCUT2D eigenvalue weighted by Crippen LogP contribution is 2.19. The summed E-state index contributed by atoms with van der Waals surface area (Å²) >= 11 is 7.80. The van der Waals surface area contributed by atoms with Crippen LogP contribution in [0.15, 0.2) is 18.2 Å². The summed E-state index contributed by atoms with van der Waals surface area (Å²) in [5.74, 6) is -1.86. The topological polar surface area (TPSA) is 86.6 Å². The molecule has 98 valence electrons. The Balaban J connectivity index is 2.72. The zero-order valence-corrected chi connectivity index (χ0v) is 12.3. The highest BCUT2D eigenvalue weighted by atomic mass is 127. The number of carboxylic acids is 1. The molecule has 0 aliphatic carbocycles. The minimum absolute atomic E-state index is 0.352. The van der Waals surface area contributed by atoms with E-state index in [1.54, 1.807) is 12.1 Å². The van der Waals surface area contributed by atoms with Gasteiger partial charge in [0.25, 0.3) is 5.91 Å². The summed E-state index contributed by atoms with van der Waals surface area (Å²) in [6.45, 7) is 0.738. The van der Waals surface area contributed by atoms with Gasteiger partial charge in [-0.1, -0.05) is 11.6 Å². The van der Waals surface area contributed by atoms with Crippen LogP contribution < -0.4 is 5.32 Å². The number of hydrogen-bond acceptors (Lipinski definition) is 3. The predicted octanol–water partition coefficient (Wildman–Crippen LogP) is 1.51. The molecule has 3 N–H and O–H groups in total. The fourth-order valence-electron chi connectivity index (χ4n) is 1.07. The highest BCUT2D eigenvalue weighted by Gasteiger charge is 2.30. The van der Waals surface area contributed by atoms with Crippen molar-refractivity contribution in [1.29, 1.82) is 0 Å². The number of halogens is 2. The van der Waals surface area contributed by atoms with Gasteiger partial charge in [0.2, 0.25) is 0 Å². The molecule has 0 radical (unpaired) electrons. The number of carbonyl (C=O) groups is 2. The number of nitrogens with one attached hydrogen (secondary N) is 1. The van der Waals surface area contributed by atoms with Crippen LogP contribution in [0.1, 0.15) is 17.3 Å². The number of aliphatic carboxylic acids is 1. The molecule has 1 rings (SSSR count). The Hall–Kier alpha value is -0.860. The molecule has 1 aromatic carbocycles. The molecular weight excluding hydrogens is 372 g/mol. The van der Waals surface area contributed by atoms with E-state index in [9.17, 15) is 14.7 Å². The van der Waals surface area contributed by atoms with Crippen LogP contribution in [0.2, 0.25) is 5.02 Å². The van der Waals surface area contributed by atoms with Gasteiger partial charge in [0, 0.05) is 9.13 Å². The van der Waals surface area contributed by atoms with Gasteiger partial charge in [-0.05, 0) is 47.7 Å². The second-order valence-electron chi connectivity index (χ2n) is 3.89. The number of aliphatic hydroxyl groups is 1. The molecule has 18 heavy (non-hydrogen) atoms. The summed E-state index contributed by atoms with van der Waals surface area (Å²) in [6, 6.07) is 4.68. The van der Waals surface area contributed by atoms with Crippen molar-refractivity contribution in [3.05, 3.63) is 32.4 Å². The lowest BCUT2D eigenvalue weighted by molar-refractivity contribution is -0.155. The molecule has 0 bridgehead atoms. The normalized spacial score (nSPS) is 13.8. The number of rotatable bonds is 4. The molecule has 0 fully saturated rings. The Bertz CT molecular complexity index is 490. The van der Waals surface area contributed by atoms with Crippen molar-refractivity contribution in [3.8, 4) is 0 Å².